The van der Waals surface area contributed by atoms with Crippen LogP contribution in [0.2, 0.25) is 0 Å². The van der Waals surface area contributed by atoms with Gasteiger partial charge in [-0.25, -0.2) is 4.79 Å². The van der Waals surface area contributed by atoms with Crippen molar-refractivity contribution in [1.29, 1.82) is 0 Å². The van der Waals surface area contributed by atoms with Crippen LogP contribution in [0.5, 0.6) is 11.5 Å². The number of aromatic hydroxyl groups is 1. The topological polar surface area (TPSA) is 103 Å². The number of carbonyl (C=O) groups is 1. The lowest BCUT2D eigenvalue weighted by Crippen LogP contribution is -2.21. The number of carboxylic acids is 1. The number of likely N-dealkylation sites (N-methyl/N-ethyl adjacent to an activating group) is 1. The molecule has 3 heterocycles. The van der Waals surface area contributed by atoms with E-state index >= 15 is 0 Å². The maximum atomic E-state index is 12.2. The van der Waals surface area contributed by atoms with Gasteiger partial charge in [-0.1, -0.05) is 6.07 Å². The molecule has 0 fully saturated rings. The second-order valence-electron chi connectivity index (χ2n) is 6.40. The Morgan fingerprint density at radius 2 is 2.08 bits per heavy atom. The maximum Gasteiger partial charge on any atom is 0.345 e. The van der Waals surface area contributed by atoms with Gasteiger partial charge >= 0.3 is 5.97 Å². The number of nitrogens with zero attached hydrogens (tertiary/aromatic N) is 1. The number of hydrogen-bond donors (Lipinski definition) is 3. The first-order chi connectivity index (χ1) is 12.0. The van der Waals surface area contributed by atoms with Crippen LogP contribution in [0.25, 0.3) is 11.3 Å². The molecule has 130 valence electrons. The van der Waals surface area contributed by atoms with Crippen molar-refractivity contribution in [3.63, 3.8) is 0 Å². The molecule has 2 aliphatic rings. The van der Waals surface area contributed by atoms with Gasteiger partial charge in [0.1, 0.15) is 0 Å². The van der Waals surface area contributed by atoms with Crippen LogP contribution in [0.1, 0.15) is 27.9 Å². The summed E-state index contributed by atoms with van der Waals surface area (Å²) in [6.07, 6.45) is 2.47. The molecule has 7 heteroatoms. The molecule has 0 unspecified atom stereocenters. The first-order valence-corrected chi connectivity index (χ1v) is 8.20. The first-order valence-electron chi connectivity index (χ1n) is 8.20. The van der Waals surface area contributed by atoms with E-state index in [0.717, 1.165) is 36.9 Å². The SMILES string of the molecule is CN1CCc2c1ccc1c2CCCOc2c-1[nH]c(=O)c(C(=O)O)c2O. The third kappa shape index (κ3) is 2.26. The molecule has 0 amide bonds. The van der Waals surface area contributed by atoms with Crippen molar-refractivity contribution in [3.05, 3.63) is 39.2 Å². The third-order valence-corrected chi connectivity index (χ3v) is 4.96. The highest BCUT2D eigenvalue weighted by molar-refractivity contribution is 5.93. The van der Waals surface area contributed by atoms with E-state index in [2.05, 4.69) is 9.88 Å². The quantitative estimate of drug-likeness (QED) is 0.730. The second-order valence-corrected chi connectivity index (χ2v) is 6.40. The Kier molecular flexibility index (Phi) is 3.45. The van der Waals surface area contributed by atoms with Crippen LogP contribution < -0.4 is 15.2 Å². The average molecular weight is 342 g/mol. The Bertz CT molecular complexity index is 947. The van der Waals surface area contributed by atoms with Crippen molar-refractivity contribution in [2.24, 2.45) is 0 Å². The molecule has 0 radical (unpaired) electrons. The Labute approximate surface area is 143 Å². The molecule has 1 aromatic carbocycles. The van der Waals surface area contributed by atoms with Gasteiger partial charge in [0, 0.05) is 24.8 Å². The van der Waals surface area contributed by atoms with Crippen molar-refractivity contribution < 1.29 is 19.7 Å². The summed E-state index contributed by atoms with van der Waals surface area (Å²) in [6.45, 7) is 1.28. The normalized spacial score (nSPS) is 15.5. The predicted octanol–water partition coefficient (Wildman–Crippen LogP) is 1.76. The Morgan fingerprint density at radius 3 is 2.84 bits per heavy atom. The van der Waals surface area contributed by atoms with Crippen molar-refractivity contribution in [1.82, 2.24) is 4.98 Å². The summed E-state index contributed by atoms with van der Waals surface area (Å²) in [4.78, 5) is 28.3. The monoisotopic (exact) mass is 342 g/mol. The summed E-state index contributed by atoms with van der Waals surface area (Å²) in [6, 6.07) is 3.90. The van der Waals surface area contributed by atoms with Crippen LogP contribution in [-0.4, -0.2) is 41.4 Å². The zero-order valence-electron chi connectivity index (χ0n) is 13.8. The van der Waals surface area contributed by atoms with E-state index in [1.807, 2.05) is 19.2 Å². The highest BCUT2D eigenvalue weighted by Gasteiger charge is 2.29. The molecular formula is C18H18N2O5. The van der Waals surface area contributed by atoms with Crippen molar-refractivity contribution in [2.75, 3.05) is 25.1 Å². The fraction of sp³-hybridized carbons (Fsp3) is 0.333. The summed E-state index contributed by atoms with van der Waals surface area (Å²) < 4.78 is 5.61. The van der Waals surface area contributed by atoms with Gasteiger partial charge in [-0.05, 0) is 36.5 Å². The molecule has 0 aliphatic carbocycles. The fourth-order valence-corrected chi connectivity index (χ4v) is 3.76. The molecule has 0 spiro atoms. The molecule has 25 heavy (non-hydrogen) atoms. The van der Waals surface area contributed by atoms with Crippen molar-refractivity contribution >= 4 is 11.7 Å². The zero-order chi connectivity index (χ0) is 17.7. The number of aromatic nitrogens is 1. The summed E-state index contributed by atoms with van der Waals surface area (Å²) >= 11 is 0. The minimum Gasteiger partial charge on any atom is -0.503 e. The largest absolute Gasteiger partial charge is 0.503 e. The lowest BCUT2D eigenvalue weighted by molar-refractivity contribution is 0.0690. The molecule has 2 aromatic rings. The van der Waals surface area contributed by atoms with Gasteiger partial charge in [0.05, 0.1) is 12.3 Å². The van der Waals surface area contributed by atoms with Gasteiger partial charge in [-0.15, -0.1) is 0 Å². The number of H-pyrrole nitrogens is 1. The Balaban J connectivity index is 2.02. The van der Waals surface area contributed by atoms with Crippen LogP contribution in [0.4, 0.5) is 5.69 Å². The second kappa shape index (κ2) is 5.54. The number of rotatable bonds is 1. The van der Waals surface area contributed by atoms with E-state index in [1.54, 1.807) is 0 Å². The molecular weight excluding hydrogens is 324 g/mol. The lowest BCUT2D eigenvalue weighted by Gasteiger charge is -2.22. The zero-order valence-corrected chi connectivity index (χ0v) is 13.8. The van der Waals surface area contributed by atoms with Gasteiger partial charge in [-0.3, -0.25) is 4.79 Å². The van der Waals surface area contributed by atoms with Gasteiger partial charge < -0.3 is 24.8 Å². The molecule has 2 aliphatic heterocycles. The fourth-order valence-electron chi connectivity index (χ4n) is 3.76. The molecule has 0 bridgehead atoms. The minimum atomic E-state index is -1.48. The summed E-state index contributed by atoms with van der Waals surface area (Å²) in [7, 11) is 2.05. The molecule has 4 rings (SSSR count). The van der Waals surface area contributed by atoms with Gasteiger partial charge in [0.15, 0.2) is 17.1 Å². The highest BCUT2D eigenvalue weighted by Crippen LogP contribution is 2.43. The predicted molar refractivity (Wildman–Crippen MR) is 91.9 cm³/mol. The molecule has 3 N–H and O–H groups in total. The molecule has 0 saturated heterocycles. The van der Waals surface area contributed by atoms with E-state index in [4.69, 9.17) is 4.74 Å². The number of benzene rings is 1. The average Bonchev–Trinajstić information content (AvgIpc) is 2.91. The summed E-state index contributed by atoms with van der Waals surface area (Å²) in [5.74, 6) is -2.07. The van der Waals surface area contributed by atoms with E-state index in [0.29, 0.717) is 12.3 Å². The van der Waals surface area contributed by atoms with E-state index < -0.39 is 22.8 Å². The number of fused-ring (bicyclic) bond motifs is 5. The minimum absolute atomic E-state index is 0.0317. The van der Waals surface area contributed by atoms with Gasteiger partial charge in [-0.2, -0.15) is 0 Å². The number of ether oxygens (including phenoxy) is 1. The molecule has 7 nitrogen and oxygen atoms in total. The van der Waals surface area contributed by atoms with E-state index in [9.17, 15) is 19.8 Å². The Hall–Kier alpha value is -2.96. The number of hydrogen-bond acceptors (Lipinski definition) is 5. The van der Waals surface area contributed by atoms with Crippen molar-refractivity contribution in [2.45, 2.75) is 19.3 Å². The number of anilines is 1. The van der Waals surface area contributed by atoms with Crippen LogP contribution in [0.3, 0.4) is 0 Å². The van der Waals surface area contributed by atoms with Crippen LogP contribution in [0, 0.1) is 0 Å². The summed E-state index contributed by atoms with van der Waals surface area (Å²) in [5.41, 5.74) is 3.15. The standard InChI is InChI=1S/C18H18N2O5/c1-20-7-6-10-9-3-2-8-25-16-14(11(9)4-5-12(10)20)19-17(22)13(15(16)21)18(23)24/h4-5H,2-3,6-8H2,1H3,(H,23,24)(H2,19,21,22). The van der Waals surface area contributed by atoms with E-state index in [-0.39, 0.29) is 5.75 Å². The number of aromatic amines is 1. The van der Waals surface area contributed by atoms with Crippen LogP contribution in [0.15, 0.2) is 16.9 Å². The lowest BCUT2D eigenvalue weighted by atomic mass is 9.92. The smallest absolute Gasteiger partial charge is 0.345 e. The van der Waals surface area contributed by atoms with Gasteiger partial charge in [0.25, 0.3) is 5.56 Å². The first kappa shape index (κ1) is 15.6. The number of carboxylic acid groups (broad SMARTS) is 1. The van der Waals surface area contributed by atoms with Crippen LogP contribution in [-0.2, 0) is 12.8 Å². The van der Waals surface area contributed by atoms with Gasteiger partial charge in [0.2, 0.25) is 0 Å². The van der Waals surface area contributed by atoms with Crippen LogP contribution >= 0.6 is 0 Å². The van der Waals surface area contributed by atoms with E-state index in [1.165, 1.54) is 11.3 Å². The molecule has 0 saturated carbocycles. The highest BCUT2D eigenvalue weighted by atomic mass is 16.5. The molecule has 1 aromatic heterocycles. The maximum absolute atomic E-state index is 12.2. The Morgan fingerprint density at radius 1 is 1.28 bits per heavy atom. The molecule has 0 atom stereocenters. The number of nitrogens with one attached hydrogen (secondary N) is 1. The summed E-state index contributed by atoms with van der Waals surface area (Å²) in [5, 5.41) is 19.5. The number of aromatic carboxylic acids is 1. The van der Waals surface area contributed by atoms with Crippen molar-refractivity contribution in [3.8, 4) is 22.8 Å². The number of pyridine rings is 1. The third-order valence-electron chi connectivity index (χ3n) is 4.96.